The first-order valence-corrected chi connectivity index (χ1v) is 18.3. The Hall–Kier alpha value is -6.78. The summed E-state index contributed by atoms with van der Waals surface area (Å²) in [5, 5.41) is 4.83. The number of benzene rings is 7. The molecule has 0 radical (unpaired) electrons. The van der Waals surface area contributed by atoms with Gasteiger partial charge in [-0.1, -0.05) is 135 Å². The zero-order valence-electron chi connectivity index (χ0n) is 29.5. The maximum Gasteiger partial charge on any atom is 0.235 e. The van der Waals surface area contributed by atoms with Gasteiger partial charge in [0.2, 0.25) is 5.95 Å². The van der Waals surface area contributed by atoms with E-state index in [0.29, 0.717) is 5.95 Å². The van der Waals surface area contributed by atoms with Crippen molar-refractivity contribution in [3.63, 3.8) is 0 Å². The average molecular weight is 679 g/mol. The van der Waals surface area contributed by atoms with E-state index < -0.39 is 0 Å². The van der Waals surface area contributed by atoms with Gasteiger partial charge in [-0.2, -0.15) is 0 Å². The molecule has 7 aromatic carbocycles. The van der Waals surface area contributed by atoms with E-state index in [9.17, 15) is 0 Å². The van der Waals surface area contributed by atoms with E-state index in [1.54, 1.807) is 0 Å². The monoisotopic (exact) mass is 678 g/mol. The number of rotatable bonds is 4. The molecule has 1 aliphatic carbocycles. The molecule has 4 nitrogen and oxygen atoms in total. The highest BCUT2D eigenvalue weighted by molar-refractivity contribution is 6.12. The molecule has 1 aliphatic rings. The molecule has 0 unspecified atom stereocenters. The first-order chi connectivity index (χ1) is 26.0. The van der Waals surface area contributed by atoms with Gasteiger partial charge in [0, 0.05) is 43.8 Å². The fraction of sp³-hybridized carbons (Fsp3) is 0.0612. The summed E-state index contributed by atoms with van der Waals surface area (Å²) in [6.07, 6.45) is 0. The summed E-state index contributed by atoms with van der Waals surface area (Å²) in [6, 6.07) is 61.0. The molecule has 0 N–H and O–H groups in total. The second-order valence-corrected chi connectivity index (χ2v) is 14.7. The van der Waals surface area contributed by atoms with E-state index >= 15 is 0 Å². The van der Waals surface area contributed by atoms with Crippen LogP contribution in [0, 0.1) is 0 Å². The Labute approximate surface area is 307 Å². The van der Waals surface area contributed by atoms with Gasteiger partial charge >= 0.3 is 0 Å². The van der Waals surface area contributed by atoms with Crippen molar-refractivity contribution in [2.24, 2.45) is 0 Å². The van der Waals surface area contributed by atoms with Gasteiger partial charge in [0.15, 0.2) is 0 Å². The molecule has 3 heterocycles. The number of nitrogens with zero attached hydrogens (tertiary/aromatic N) is 4. The molecule has 0 saturated heterocycles. The van der Waals surface area contributed by atoms with Gasteiger partial charge in [-0.05, 0) is 70.8 Å². The van der Waals surface area contributed by atoms with Crippen LogP contribution in [0.4, 0.5) is 0 Å². The molecule has 0 aliphatic heterocycles. The Morgan fingerprint density at radius 3 is 1.66 bits per heavy atom. The van der Waals surface area contributed by atoms with Crippen LogP contribution < -0.4 is 0 Å². The molecule has 0 fully saturated rings. The standard InChI is InChI=1S/C49H34N4/c1-49(2)40-20-10-6-16-34(40)35-26-24-32(28-41(35)49)43-30-42(31-14-4-3-5-15-31)50-48(51-43)53-46-23-13-9-19-38(46)39-29-33(25-27-47(39)53)52-44-21-11-7-17-36(44)37-18-8-12-22-45(37)52/h3-30H,1-2H3. The summed E-state index contributed by atoms with van der Waals surface area (Å²) in [7, 11) is 0. The molecule has 0 amide bonds. The van der Waals surface area contributed by atoms with Gasteiger partial charge in [0.25, 0.3) is 0 Å². The minimum absolute atomic E-state index is 0.110. The van der Waals surface area contributed by atoms with Crippen LogP contribution in [0.25, 0.3) is 88.9 Å². The lowest BCUT2D eigenvalue weighted by atomic mass is 9.82. The largest absolute Gasteiger partial charge is 0.309 e. The van der Waals surface area contributed by atoms with Crippen molar-refractivity contribution < 1.29 is 0 Å². The fourth-order valence-corrected chi connectivity index (χ4v) is 8.82. The highest BCUT2D eigenvalue weighted by Crippen LogP contribution is 2.49. The van der Waals surface area contributed by atoms with E-state index in [4.69, 9.17) is 9.97 Å². The van der Waals surface area contributed by atoms with Gasteiger partial charge in [0.05, 0.1) is 33.5 Å². The fourth-order valence-electron chi connectivity index (χ4n) is 8.82. The topological polar surface area (TPSA) is 35.6 Å². The van der Waals surface area contributed by atoms with E-state index in [1.807, 2.05) is 0 Å². The number of hydrogen-bond donors (Lipinski definition) is 0. The van der Waals surface area contributed by atoms with E-state index in [1.165, 1.54) is 44.1 Å². The van der Waals surface area contributed by atoms with E-state index in [0.717, 1.165) is 50.0 Å². The van der Waals surface area contributed by atoms with E-state index in [-0.39, 0.29) is 5.41 Å². The van der Waals surface area contributed by atoms with Crippen LogP contribution in [0.15, 0.2) is 170 Å². The lowest BCUT2D eigenvalue weighted by molar-refractivity contribution is 0.660. The highest BCUT2D eigenvalue weighted by Gasteiger charge is 2.35. The molecule has 11 rings (SSSR count). The number of aromatic nitrogens is 4. The van der Waals surface area contributed by atoms with Crippen molar-refractivity contribution in [3.05, 3.63) is 181 Å². The van der Waals surface area contributed by atoms with Crippen molar-refractivity contribution in [3.8, 4) is 45.3 Å². The van der Waals surface area contributed by atoms with Gasteiger partial charge < -0.3 is 4.57 Å². The predicted octanol–water partition coefficient (Wildman–Crippen LogP) is 12.3. The molecule has 0 atom stereocenters. The Morgan fingerprint density at radius 1 is 0.396 bits per heavy atom. The molecule has 10 aromatic rings. The Balaban J connectivity index is 1.14. The van der Waals surface area contributed by atoms with Crippen LogP contribution in [-0.4, -0.2) is 19.1 Å². The summed E-state index contributed by atoms with van der Waals surface area (Å²) < 4.78 is 4.62. The first kappa shape index (κ1) is 29.9. The Morgan fingerprint density at radius 2 is 0.943 bits per heavy atom. The maximum atomic E-state index is 5.40. The summed E-state index contributed by atoms with van der Waals surface area (Å²) >= 11 is 0. The van der Waals surface area contributed by atoms with E-state index in [2.05, 4.69) is 193 Å². The summed E-state index contributed by atoms with van der Waals surface area (Å²) in [5.74, 6) is 0.653. The molecular formula is C49H34N4. The van der Waals surface area contributed by atoms with Crippen molar-refractivity contribution in [2.75, 3.05) is 0 Å². The summed E-state index contributed by atoms with van der Waals surface area (Å²) in [4.78, 5) is 10.7. The van der Waals surface area contributed by atoms with Gasteiger partial charge in [0.1, 0.15) is 0 Å². The van der Waals surface area contributed by atoms with Gasteiger partial charge in [-0.25, -0.2) is 9.97 Å². The van der Waals surface area contributed by atoms with Gasteiger partial charge in [-0.15, -0.1) is 0 Å². The minimum Gasteiger partial charge on any atom is -0.309 e. The van der Waals surface area contributed by atoms with Crippen molar-refractivity contribution in [1.29, 1.82) is 0 Å². The normalized spacial score (nSPS) is 13.2. The third kappa shape index (κ3) is 4.36. The average Bonchev–Trinajstić information content (AvgIpc) is 3.81. The molecule has 0 saturated carbocycles. The SMILES string of the molecule is CC1(C)c2ccccc2-c2ccc(-c3cc(-c4ccccc4)nc(-n4c5ccccc5c5cc(-n6c7ccccc7c7ccccc76)ccc54)n3)cc21. The number of fused-ring (bicyclic) bond motifs is 9. The molecule has 0 spiro atoms. The summed E-state index contributed by atoms with van der Waals surface area (Å²) in [5.41, 5.74) is 14.8. The molecule has 250 valence electrons. The van der Waals surface area contributed by atoms with Crippen molar-refractivity contribution in [2.45, 2.75) is 19.3 Å². The number of hydrogen-bond acceptors (Lipinski definition) is 2. The van der Waals surface area contributed by atoms with Crippen LogP contribution in [-0.2, 0) is 5.41 Å². The smallest absolute Gasteiger partial charge is 0.235 e. The highest BCUT2D eigenvalue weighted by atomic mass is 15.2. The molecular weight excluding hydrogens is 645 g/mol. The van der Waals surface area contributed by atoms with Crippen molar-refractivity contribution >= 4 is 43.6 Å². The lowest BCUT2D eigenvalue weighted by Crippen LogP contribution is -2.15. The van der Waals surface area contributed by atoms with Crippen LogP contribution >= 0.6 is 0 Å². The van der Waals surface area contributed by atoms with Crippen molar-refractivity contribution in [1.82, 2.24) is 19.1 Å². The Kier molecular flexibility index (Phi) is 6.27. The third-order valence-corrected chi connectivity index (χ3v) is 11.4. The van der Waals surface area contributed by atoms with Crippen LogP contribution in [0.2, 0.25) is 0 Å². The molecule has 53 heavy (non-hydrogen) atoms. The molecule has 4 heteroatoms. The van der Waals surface area contributed by atoms with Crippen LogP contribution in [0.5, 0.6) is 0 Å². The minimum atomic E-state index is -0.110. The Bertz CT molecular complexity index is 3040. The maximum absolute atomic E-state index is 5.40. The third-order valence-electron chi connectivity index (χ3n) is 11.4. The van der Waals surface area contributed by atoms with Gasteiger partial charge in [-0.3, -0.25) is 4.57 Å². The van der Waals surface area contributed by atoms with Crippen LogP contribution in [0.3, 0.4) is 0 Å². The second-order valence-electron chi connectivity index (χ2n) is 14.7. The lowest BCUT2D eigenvalue weighted by Gasteiger charge is -2.22. The summed E-state index contributed by atoms with van der Waals surface area (Å²) in [6.45, 7) is 4.65. The zero-order chi connectivity index (χ0) is 35.3. The second kappa shape index (κ2) is 11.1. The zero-order valence-corrected chi connectivity index (χ0v) is 29.5. The molecule has 0 bridgehead atoms. The predicted molar refractivity (Wildman–Crippen MR) is 219 cm³/mol. The number of para-hydroxylation sites is 3. The first-order valence-electron chi connectivity index (χ1n) is 18.3. The van der Waals surface area contributed by atoms with Crippen LogP contribution in [0.1, 0.15) is 25.0 Å². The quantitative estimate of drug-likeness (QED) is 0.186. The molecule has 3 aromatic heterocycles.